The average Bonchev–Trinajstić information content (AvgIpc) is 3.74. The Kier molecular flexibility index (Phi) is 7.04. The molecular weight excluding hydrogens is 531 g/mol. The van der Waals surface area contributed by atoms with Gasteiger partial charge in [0.05, 0.1) is 15.9 Å². The molecule has 0 aliphatic heterocycles. The zero-order valence-corrected chi connectivity index (χ0v) is 23.0. The molecule has 0 N–H and O–H groups in total. The van der Waals surface area contributed by atoms with Crippen LogP contribution in [0.25, 0.3) is 40.1 Å². The van der Waals surface area contributed by atoms with Crippen molar-refractivity contribution in [3.05, 3.63) is 109 Å². The minimum absolute atomic E-state index is 0.182. The summed E-state index contributed by atoms with van der Waals surface area (Å²) in [6, 6.07) is 22.5. The van der Waals surface area contributed by atoms with Gasteiger partial charge in [-0.25, -0.2) is 4.68 Å². The lowest BCUT2D eigenvalue weighted by atomic mass is 10.1. The minimum Gasteiger partial charge on any atom is -0.266 e. The lowest BCUT2D eigenvalue weighted by Crippen LogP contribution is -2.23. The molecule has 2 aromatic carbocycles. The van der Waals surface area contributed by atoms with Crippen LogP contribution in [-0.4, -0.2) is 30.1 Å². The lowest BCUT2D eigenvalue weighted by Gasteiger charge is -2.03. The first-order valence-electron chi connectivity index (χ1n) is 12.2. The van der Waals surface area contributed by atoms with Gasteiger partial charge in [-0.2, -0.15) is 14.6 Å². The van der Waals surface area contributed by atoms with Gasteiger partial charge in [0, 0.05) is 27.1 Å². The van der Waals surface area contributed by atoms with Crippen LogP contribution >= 0.6 is 34.4 Å². The van der Waals surface area contributed by atoms with Crippen LogP contribution in [0.4, 0.5) is 0 Å². The van der Waals surface area contributed by atoms with Crippen molar-refractivity contribution in [3.8, 4) is 16.9 Å². The lowest BCUT2D eigenvalue weighted by molar-refractivity contribution is 0.884. The number of hydrogen-bond donors (Lipinski definition) is 0. The van der Waals surface area contributed by atoms with Crippen molar-refractivity contribution < 1.29 is 0 Å². The molecule has 0 atom stereocenters. The first kappa shape index (κ1) is 24.5. The number of rotatable bonds is 8. The SMILES string of the molecule is CCCSc1ccc(-c2nn(-c3ccccc3)cc2/C=c2\sc3nc(/C=C/c4cccs4)nn3c2=O)cc1. The first-order chi connectivity index (χ1) is 18.7. The Balaban J connectivity index is 1.40. The fourth-order valence-electron chi connectivity index (χ4n) is 3.96. The van der Waals surface area contributed by atoms with Crippen molar-refractivity contribution in [1.29, 1.82) is 0 Å². The maximum atomic E-state index is 13.2. The molecule has 6 nitrogen and oxygen atoms in total. The van der Waals surface area contributed by atoms with Gasteiger partial charge in [0.1, 0.15) is 0 Å². The van der Waals surface area contributed by atoms with Crippen LogP contribution in [0.2, 0.25) is 0 Å². The van der Waals surface area contributed by atoms with E-state index in [0.29, 0.717) is 15.3 Å². The fourth-order valence-corrected chi connectivity index (χ4v) is 6.25. The highest BCUT2D eigenvalue weighted by Gasteiger charge is 2.14. The second-order valence-electron chi connectivity index (χ2n) is 8.51. The molecule has 0 aliphatic rings. The van der Waals surface area contributed by atoms with Gasteiger partial charge in [-0.3, -0.25) is 4.79 Å². The van der Waals surface area contributed by atoms with Crippen LogP contribution in [0, 0.1) is 0 Å². The van der Waals surface area contributed by atoms with Crippen molar-refractivity contribution in [3.63, 3.8) is 0 Å². The molecule has 38 heavy (non-hydrogen) atoms. The standard InChI is InChI=1S/C29H23N5OS3/c1-2-16-36-24-12-10-20(11-13-24)27-21(19-33(32-27)22-7-4-3-5-8-22)18-25-28(35)34-29(38-25)30-26(31-34)15-14-23-9-6-17-37-23/h3-15,17-19H,2,16H2,1H3/b15-14+,25-18-. The molecule has 6 aromatic rings. The Hall–Kier alpha value is -3.79. The Morgan fingerprint density at radius 2 is 1.82 bits per heavy atom. The van der Waals surface area contributed by atoms with Gasteiger partial charge in [-0.15, -0.1) is 28.2 Å². The molecule has 4 aromatic heterocycles. The summed E-state index contributed by atoms with van der Waals surface area (Å²) in [6.07, 6.45) is 8.79. The van der Waals surface area contributed by atoms with E-state index in [-0.39, 0.29) is 5.56 Å². The second-order valence-corrected chi connectivity index (χ2v) is 11.7. The molecule has 6 rings (SSSR count). The van der Waals surface area contributed by atoms with E-state index >= 15 is 0 Å². The smallest absolute Gasteiger partial charge is 0.266 e. The minimum atomic E-state index is -0.182. The third-order valence-electron chi connectivity index (χ3n) is 5.79. The van der Waals surface area contributed by atoms with Crippen molar-refractivity contribution in [2.45, 2.75) is 18.2 Å². The van der Waals surface area contributed by atoms with Gasteiger partial charge in [0.15, 0.2) is 5.82 Å². The van der Waals surface area contributed by atoms with E-state index in [4.69, 9.17) is 5.10 Å². The van der Waals surface area contributed by atoms with Gasteiger partial charge in [0.25, 0.3) is 5.56 Å². The molecule has 0 spiro atoms. The van der Waals surface area contributed by atoms with Crippen LogP contribution in [-0.2, 0) is 0 Å². The molecule has 4 heterocycles. The van der Waals surface area contributed by atoms with Crippen LogP contribution in [0.5, 0.6) is 0 Å². The summed E-state index contributed by atoms with van der Waals surface area (Å²) >= 11 is 4.82. The number of para-hydroxylation sites is 1. The number of hydrogen-bond acceptors (Lipinski definition) is 7. The summed E-state index contributed by atoms with van der Waals surface area (Å²) in [7, 11) is 0. The summed E-state index contributed by atoms with van der Waals surface area (Å²) in [5.41, 5.74) is 3.45. The second kappa shape index (κ2) is 10.9. The van der Waals surface area contributed by atoms with E-state index < -0.39 is 0 Å². The van der Waals surface area contributed by atoms with E-state index in [1.54, 1.807) is 11.3 Å². The van der Waals surface area contributed by atoms with Crippen LogP contribution < -0.4 is 10.1 Å². The molecule has 0 radical (unpaired) electrons. The van der Waals surface area contributed by atoms with E-state index in [9.17, 15) is 4.79 Å². The summed E-state index contributed by atoms with van der Waals surface area (Å²) < 4.78 is 3.80. The number of thiophene rings is 1. The predicted molar refractivity (Wildman–Crippen MR) is 159 cm³/mol. The summed E-state index contributed by atoms with van der Waals surface area (Å²) in [6.45, 7) is 2.18. The Bertz CT molecular complexity index is 1810. The predicted octanol–water partition coefficient (Wildman–Crippen LogP) is 6.29. The largest absolute Gasteiger partial charge is 0.291 e. The van der Waals surface area contributed by atoms with Gasteiger partial charge in [0.2, 0.25) is 4.96 Å². The monoisotopic (exact) mass is 553 g/mol. The number of benzene rings is 2. The summed E-state index contributed by atoms with van der Waals surface area (Å²) in [5, 5.41) is 11.3. The van der Waals surface area contributed by atoms with Gasteiger partial charge in [-0.05, 0) is 66.1 Å². The average molecular weight is 554 g/mol. The van der Waals surface area contributed by atoms with Crippen LogP contribution in [0.15, 0.2) is 88.0 Å². The number of fused-ring (bicyclic) bond motifs is 1. The van der Waals surface area contributed by atoms with Crippen molar-refractivity contribution >= 4 is 57.6 Å². The first-order valence-corrected chi connectivity index (χ1v) is 14.9. The van der Waals surface area contributed by atoms with Crippen LogP contribution in [0.1, 0.15) is 29.6 Å². The Labute approximate surface area is 231 Å². The summed E-state index contributed by atoms with van der Waals surface area (Å²) in [5.74, 6) is 1.61. The molecule has 0 amide bonds. The number of thioether (sulfide) groups is 1. The molecule has 188 valence electrons. The number of aromatic nitrogens is 5. The van der Waals surface area contributed by atoms with Crippen molar-refractivity contribution in [2.24, 2.45) is 0 Å². The number of thiazole rings is 1. The number of nitrogens with zero attached hydrogens (tertiary/aromatic N) is 5. The molecule has 0 fully saturated rings. The molecule has 9 heteroatoms. The molecule has 0 saturated carbocycles. The zero-order valence-electron chi connectivity index (χ0n) is 20.5. The van der Waals surface area contributed by atoms with E-state index in [1.165, 1.54) is 20.7 Å². The highest BCUT2D eigenvalue weighted by Crippen LogP contribution is 2.27. The highest BCUT2D eigenvalue weighted by atomic mass is 32.2. The van der Waals surface area contributed by atoms with E-state index in [2.05, 4.69) is 41.3 Å². The van der Waals surface area contributed by atoms with Crippen LogP contribution in [0.3, 0.4) is 0 Å². The summed E-state index contributed by atoms with van der Waals surface area (Å²) in [4.78, 5) is 20.7. The van der Waals surface area contributed by atoms with Crippen molar-refractivity contribution in [2.75, 3.05) is 5.75 Å². The normalized spacial score (nSPS) is 12.3. The molecule has 0 bridgehead atoms. The Morgan fingerprint density at radius 1 is 0.974 bits per heavy atom. The fraction of sp³-hybridized carbons (Fsp3) is 0.103. The maximum absolute atomic E-state index is 13.2. The van der Waals surface area contributed by atoms with Gasteiger partial charge >= 0.3 is 0 Å². The van der Waals surface area contributed by atoms with Crippen molar-refractivity contribution in [1.82, 2.24) is 24.4 Å². The quantitative estimate of drug-likeness (QED) is 0.207. The van der Waals surface area contributed by atoms with E-state index in [1.807, 2.05) is 88.7 Å². The molecular formula is C29H23N5OS3. The zero-order chi connectivity index (χ0) is 25.9. The molecule has 0 aliphatic carbocycles. The van der Waals surface area contributed by atoms with Gasteiger partial charge in [-0.1, -0.05) is 54.7 Å². The van der Waals surface area contributed by atoms with Gasteiger partial charge < -0.3 is 0 Å². The molecule has 0 unspecified atom stereocenters. The Morgan fingerprint density at radius 3 is 2.55 bits per heavy atom. The third-order valence-corrected chi connectivity index (χ3v) is 8.80. The topological polar surface area (TPSA) is 65.1 Å². The maximum Gasteiger partial charge on any atom is 0.291 e. The molecule has 0 saturated heterocycles. The van der Waals surface area contributed by atoms with E-state index in [0.717, 1.165) is 39.6 Å². The third kappa shape index (κ3) is 5.13. The highest BCUT2D eigenvalue weighted by molar-refractivity contribution is 7.99.